The number of nitrogens with zero attached hydrogens (tertiary/aromatic N) is 2. The molecule has 0 fully saturated rings. The van der Waals surface area contributed by atoms with Crippen LogP contribution in [0.1, 0.15) is 23.8 Å². The summed E-state index contributed by atoms with van der Waals surface area (Å²) in [4.78, 5) is 7.60. The Morgan fingerprint density at radius 1 is 1.53 bits per heavy atom. The van der Waals surface area contributed by atoms with E-state index in [2.05, 4.69) is 9.97 Å². The predicted molar refractivity (Wildman–Crippen MR) is 49.2 cm³/mol. The summed E-state index contributed by atoms with van der Waals surface area (Å²) in [6.07, 6.45) is -1.74. The summed E-state index contributed by atoms with van der Waals surface area (Å²) in [7, 11) is 0. The van der Waals surface area contributed by atoms with Crippen molar-refractivity contribution in [2.75, 3.05) is 5.73 Å². The van der Waals surface area contributed by atoms with Crippen molar-refractivity contribution < 1.29 is 13.9 Å². The van der Waals surface area contributed by atoms with Crippen LogP contribution in [0.4, 0.5) is 14.7 Å². The average molecular weight is 215 g/mol. The quantitative estimate of drug-likeness (QED) is 0.730. The number of anilines is 1. The van der Waals surface area contributed by atoms with E-state index in [0.29, 0.717) is 11.3 Å². The van der Waals surface area contributed by atoms with Crippen LogP contribution in [0, 0.1) is 5.92 Å². The first kappa shape index (κ1) is 10.2. The van der Waals surface area contributed by atoms with Gasteiger partial charge in [0, 0.05) is 17.7 Å². The molecule has 2 atom stereocenters. The number of halogens is 2. The van der Waals surface area contributed by atoms with E-state index in [4.69, 9.17) is 5.73 Å². The molecule has 0 radical (unpaired) electrons. The Labute approximate surface area is 85.2 Å². The Morgan fingerprint density at radius 3 is 2.93 bits per heavy atom. The van der Waals surface area contributed by atoms with Crippen molar-refractivity contribution in [3.8, 4) is 0 Å². The number of aliphatic hydroxyl groups is 1. The normalized spacial score (nSPS) is 25.3. The monoisotopic (exact) mass is 215 g/mol. The Kier molecular flexibility index (Phi) is 2.52. The van der Waals surface area contributed by atoms with Crippen LogP contribution in [-0.2, 0) is 6.42 Å². The van der Waals surface area contributed by atoms with Gasteiger partial charge in [0.05, 0.1) is 11.8 Å². The van der Waals surface area contributed by atoms with Crippen molar-refractivity contribution in [2.45, 2.75) is 25.4 Å². The van der Waals surface area contributed by atoms with Crippen molar-refractivity contribution in [1.29, 1.82) is 0 Å². The topological polar surface area (TPSA) is 72.0 Å². The Balaban J connectivity index is 2.33. The maximum atomic E-state index is 12.5. The smallest absolute Gasteiger partial charge is 0.241 e. The molecular weight excluding hydrogens is 204 g/mol. The van der Waals surface area contributed by atoms with E-state index in [1.165, 1.54) is 6.20 Å². The summed E-state index contributed by atoms with van der Waals surface area (Å²) in [5.74, 6) is -0.794. The van der Waals surface area contributed by atoms with E-state index >= 15 is 0 Å². The fourth-order valence-corrected chi connectivity index (χ4v) is 1.82. The van der Waals surface area contributed by atoms with Gasteiger partial charge in [-0.2, -0.15) is 0 Å². The third kappa shape index (κ3) is 1.90. The van der Waals surface area contributed by atoms with Crippen molar-refractivity contribution >= 4 is 5.95 Å². The number of rotatable bonds is 1. The number of hydrogen-bond donors (Lipinski definition) is 2. The minimum absolute atomic E-state index is 0.0517. The second-order valence-electron chi connectivity index (χ2n) is 3.68. The number of hydrogen-bond acceptors (Lipinski definition) is 4. The Hall–Kier alpha value is -1.30. The predicted octanol–water partition coefficient (Wildman–Crippen LogP) is 0.920. The van der Waals surface area contributed by atoms with Crippen molar-refractivity contribution in [2.24, 2.45) is 5.92 Å². The number of nitrogens with two attached hydrogens (primary N) is 1. The van der Waals surface area contributed by atoms with Gasteiger partial charge in [-0.25, -0.2) is 18.7 Å². The number of aliphatic hydroxyl groups excluding tert-OH is 1. The van der Waals surface area contributed by atoms with E-state index in [1.807, 2.05) is 0 Å². The van der Waals surface area contributed by atoms with Gasteiger partial charge in [-0.1, -0.05) is 0 Å². The average Bonchev–Trinajstić information content (AvgIpc) is 2.16. The molecule has 6 heteroatoms. The third-order valence-corrected chi connectivity index (χ3v) is 2.62. The fraction of sp³-hybridized carbons (Fsp3) is 0.556. The van der Waals surface area contributed by atoms with Crippen molar-refractivity contribution in [3.05, 3.63) is 17.5 Å². The van der Waals surface area contributed by atoms with Crippen LogP contribution in [0.5, 0.6) is 0 Å². The van der Waals surface area contributed by atoms with Gasteiger partial charge >= 0.3 is 0 Å². The lowest BCUT2D eigenvalue weighted by molar-refractivity contribution is 0.0291. The third-order valence-electron chi connectivity index (χ3n) is 2.62. The van der Waals surface area contributed by atoms with Crippen LogP contribution < -0.4 is 5.73 Å². The first-order chi connectivity index (χ1) is 7.08. The maximum Gasteiger partial charge on any atom is 0.241 e. The summed E-state index contributed by atoms with van der Waals surface area (Å²) in [5, 5.41) is 9.62. The molecule has 2 rings (SSSR count). The molecule has 15 heavy (non-hydrogen) atoms. The molecule has 1 heterocycles. The molecule has 1 aromatic rings. The van der Waals surface area contributed by atoms with Crippen LogP contribution >= 0.6 is 0 Å². The van der Waals surface area contributed by atoms with Gasteiger partial charge in [0.25, 0.3) is 0 Å². The number of nitrogen functional groups attached to an aromatic ring is 1. The molecule has 0 saturated heterocycles. The van der Waals surface area contributed by atoms with E-state index in [-0.39, 0.29) is 18.8 Å². The fourth-order valence-electron chi connectivity index (χ4n) is 1.82. The molecule has 0 aliphatic heterocycles. The van der Waals surface area contributed by atoms with Gasteiger partial charge in [-0.15, -0.1) is 0 Å². The molecule has 1 aliphatic rings. The summed E-state index contributed by atoms with van der Waals surface area (Å²) in [6.45, 7) is 0. The lowest BCUT2D eigenvalue weighted by Crippen LogP contribution is -2.25. The van der Waals surface area contributed by atoms with Gasteiger partial charge in [0.2, 0.25) is 12.4 Å². The van der Waals surface area contributed by atoms with Crippen LogP contribution in [0.15, 0.2) is 6.20 Å². The van der Waals surface area contributed by atoms with Gasteiger partial charge < -0.3 is 10.8 Å². The molecule has 0 saturated carbocycles. The zero-order valence-corrected chi connectivity index (χ0v) is 7.90. The summed E-state index contributed by atoms with van der Waals surface area (Å²) >= 11 is 0. The number of fused-ring (bicyclic) bond motifs is 1. The van der Waals surface area contributed by atoms with Crippen molar-refractivity contribution in [1.82, 2.24) is 9.97 Å². The molecule has 0 spiro atoms. The SMILES string of the molecule is Nc1ncc2c(n1)C[C@H](C(F)F)C[C@@H]2O. The largest absolute Gasteiger partial charge is 0.388 e. The zero-order chi connectivity index (χ0) is 11.0. The lowest BCUT2D eigenvalue weighted by atomic mass is 9.86. The maximum absolute atomic E-state index is 12.5. The molecule has 1 aliphatic carbocycles. The highest BCUT2D eigenvalue weighted by molar-refractivity contribution is 5.29. The van der Waals surface area contributed by atoms with Gasteiger partial charge in [0.15, 0.2) is 0 Å². The van der Waals surface area contributed by atoms with E-state index in [9.17, 15) is 13.9 Å². The lowest BCUT2D eigenvalue weighted by Gasteiger charge is -2.26. The van der Waals surface area contributed by atoms with E-state index in [1.54, 1.807) is 0 Å². The van der Waals surface area contributed by atoms with E-state index < -0.39 is 18.4 Å². The Bertz CT molecular complexity index is 372. The molecule has 0 unspecified atom stereocenters. The summed E-state index contributed by atoms with van der Waals surface area (Å²) in [5.41, 5.74) is 6.31. The molecule has 4 nitrogen and oxygen atoms in total. The molecule has 0 amide bonds. The van der Waals surface area contributed by atoms with Crippen LogP contribution in [0.3, 0.4) is 0 Å². The van der Waals surface area contributed by atoms with Gasteiger partial charge in [-0.05, 0) is 12.8 Å². The summed E-state index contributed by atoms with van der Waals surface area (Å²) in [6, 6.07) is 0. The molecule has 3 N–H and O–H groups in total. The van der Waals surface area contributed by atoms with Gasteiger partial charge in [0.1, 0.15) is 0 Å². The molecule has 0 aromatic carbocycles. The second kappa shape index (κ2) is 3.69. The Morgan fingerprint density at radius 2 is 2.27 bits per heavy atom. The van der Waals surface area contributed by atoms with Crippen molar-refractivity contribution in [3.63, 3.8) is 0 Å². The van der Waals surface area contributed by atoms with E-state index in [0.717, 1.165) is 0 Å². The number of aromatic nitrogens is 2. The summed E-state index contributed by atoms with van der Waals surface area (Å²) < 4.78 is 25.0. The molecule has 0 bridgehead atoms. The van der Waals surface area contributed by atoms with Crippen LogP contribution in [-0.4, -0.2) is 21.5 Å². The molecule has 1 aromatic heterocycles. The molecular formula is C9H11F2N3O. The minimum atomic E-state index is -2.44. The first-order valence-electron chi connectivity index (χ1n) is 4.65. The highest BCUT2D eigenvalue weighted by Crippen LogP contribution is 2.34. The first-order valence-corrected chi connectivity index (χ1v) is 4.65. The molecule has 82 valence electrons. The highest BCUT2D eigenvalue weighted by atomic mass is 19.3. The van der Waals surface area contributed by atoms with Crippen LogP contribution in [0.25, 0.3) is 0 Å². The van der Waals surface area contributed by atoms with Gasteiger partial charge in [-0.3, -0.25) is 0 Å². The minimum Gasteiger partial charge on any atom is -0.388 e. The highest BCUT2D eigenvalue weighted by Gasteiger charge is 2.32. The van der Waals surface area contributed by atoms with Crippen LogP contribution in [0.2, 0.25) is 0 Å². The standard InChI is InChI=1S/C9H11F2N3O/c10-8(11)4-1-6-5(7(15)2-4)3-13-9(12)14-6/h3-4,7-8,15H,1-2H2,(H2,12,13,14)/t4-,7-/m0/s1. The zero-order valence-electron chi connectivity index (χ0n) is 7.90. The number of alkyl halides is 2. The second-order valence-corrected chi connectivity index (χ2v) is 3.68.